The second kappa shape index (κ2) is 8.39. The molecule has 2 amide bonds. The Morgan fingerprint density at radius 1 is 1.07 bits per heavy atom. The van der Waals surface area contributed by atoms with Crippen LogP contribution in [0.1, 0.15) is 24.4 Å². The molecule has 1 aromatic heterocycles. The van der Waals surface area contributed by atoms with E-state index in [1.807, 2.05) is 5.32 Å². The molecule has 1 aromatic carbocycles. The van der Waals surface area contributed by atoms with Gasteiger partial charge in [0.15, 0.2) is 29.3 Å². The molecule has 1 heterocycles. The van der Waals surface area contributed by atoms with Gasteiger partial charge in [0.25, 0.3) is 11.8 Å². The molecule has 0 fully saturated rings. The number of ether oxygens (including phenoxy) is 1. The first kappa shape index (κ1) is 20.0. The highest BCUT2D eigenvalue weighted by molar-refractivity contribution is 5.97. The van der Waals surface area contributed by atoms with Crippen molar-refractivity contribution in [3.8, 4) is 0 Å². The lowest BCUT2D eigenvalue weighted by Gasteiger charge is -2.17. The van der Waals surface area contributed by atoms with E-state index in [-0.39, 0.29) is 5.76 Å². The van der Waals surface area contributed by atoms with Gasteiger partial charge in [0, 0.05) is 0 Å². The van der Waals surface area contributed by atoms with Gasteiger partial charge in [-0.15, -0.1) is 0 Å². The van der Waals surface area contributed by atoms with Gasteiger partial charge in [-0.3, -0.25) is 9.59 Å². The van der Waals surface area contributed by atoms with Crippen LogP contribution in [0, 0.1) is 17.5 Å². The first-order chi connectivity index (χ1) is 12.7. The molecule has 0 saturated carbocycles. The smallest absolute Gasteiger partial charge is 0.329 e. The molecule has 27 heavy (non-hydrogen) atoms. The summed E-state index contributed by atoms with van der Waals surface area (Å²) in [7, 11) is 0. The zero-order valence-corrected chi connectivity index (χ0v) is 14.2. The normalized spacial score (nSPS) is 12.8. The Balaban J connectivity index is 1.92. The Labute approximate surface area is 151 Å². The van der Waals surface area contributed by atoms with Crippen LogP contribution >= 0.6 is 0 Å². The van der Waals surface area contributed by atoms with E-state index in [0.717, 1.165) is 6.07 Å². The van der Waals surface area contributed by atoms with Gasteiger partial charge < -0.3 is 19.8 Å². The average molecular weight is 384 g/mol. The SMILES string of the molecule is C[C@H](NC(=O)c1ccco1)C(=O)O[C@@H](C)C(=O)Nc1ccc(F)c(F)c1F. The highest BCUT2D eigenvalue weighted by atomic mass is 19.2. The number of benzene rings is 1. The quantitative estimate of drug-likeness (QED) is 0.589. The number of rotatable bonds is 6. The second-order valence-electron chi connectivity index (χ2n) is 5.46. The van der Waals surface area contributed by atoms with E-state index in [2.05, 4.69) is 5.32 Å². The molecule has 0 radical (unpaired) electrons. The van der Waals surface area contributed by atoms with Crippen molar-refractivity contribution in [3.63, 3.8) is 0 Å². The number of hydrogen-bond donors (Lipinski definition) is 2. The van der Waals surface area contributed by atoms with Crippen LogP contribution in [0.3, 0.4) is 0 Å². The number of carbonyl (C=O) groups excluding carboxylic acids is 3. The maximum Gasteiger partial charge on any atom is 0.329 e. The topological polar surface area (TPSA) is 97.6 Å². The Kier molecular flexibility index (Phi) is 6.22. The first-order valence-corrected chi connectivity index (χ1v) is 7.70. The minimum absolute atomic E-state index is 0.0192. The zero-order chi connectivity index (χ0) is 20.1. The number of halogens is 3. The van der Waals surface area contributed by atoms with Crippen molar-refractivity contribution in [1.29, 1.82) is 0 Å². The largest absolute Gasteiger partial charge is 0.459 e. The Morgan fingerprint density at radius 2 is 1.78 bits per heavy atom. The molecule has 0 aliphatic carbocycles. The summed E-state index contributed by atoms with van der Waals surface area (Å²) in [6, 6.07) is 3.23. The summed E-state index contributed by atoms with van der Waals surface area (Å²) in [5.74, 6) is -7.33. The van der Waals surface area contributed by atoms with Crippen molar-refractivity contribution in [2.75, 3.05) is 5.32 Å². The van der Waals surface area contributed by atoms with Crippen LogP contribution in [-0.2, 0) is 14.3 Å². The van der Waals surface area contributed by atoms with Crippen molar-refractivity contribution in [1.82, 2.24) is 5.32 Å². The molecule has 0 saturated heterocycles. The lowest BCUT2D eigenvalue weighted by molar-refractivity contribution is -0.154. The van der Waals surface area contributed by atoms with Gasteiger partial charge in [0.2, 0.25) is 0 Å². The minimum Gasteiger partial charge on any atom is -0.459 e. The lowest BCUT2D eigenvalue weighted by atomic mass is 10.2. The van der Waals surface area contributed by atoms with E-state index in [4.69, 9.17) is 9.15 Å². The molecule has 0 aliphatic heterocycles. The van der Waals surface area contributed by atoms with E-state index in [0.29, 0.717) is 6.07 Å². The lowest BCUT2D eigenvalue weighted by Crippen LogP contribution is -2.42. The van der Waals surface area contributed by atoms with Gasteiger partial charge >= 0.3 is 5.97 Å². The van der Waals surface area contributed by atoms with Crippen molar-refractivity contribution in [3.05, 3.63) is 53.7 Å². The van der Waals surface area contributed by atoms with Gasteiger partial charge in [0.05, 0.1) is 12.0 Å². The van der Waals surface area contributed by atoms with Gasteiger partial charge in [-0.05, 0) is 38.1 Å². The van der Waals surface area contributed by atoms with Crippen LogP contribution < -0.4 is 10.6 Å². The molecule has 7 nitrogen and oxygen atoms in total. The van der Waals surface area contributed by atoms with Gasteiger partial charge in [-0.25, -0.2) is 18.0 Å². The molecule has 10 heteroatoms. The molecule has 2 atom stereocenters. The Bertz CT molecular complexity index is 855. The van der Waals surface area contributed by atoms with Crippen LogP contribution in [0.4, 0.5) is 18.9 Å². The maximum absolute atomic E-state index is 13.6. The third-order valence-electron chi connectivity index (χ3n) is 3.40. The average Bonchev–Trinajstić information content (AvgIpc) is 3.16. The van der Waals surface area contributed by atoms with Gasteiger partial charge in [-0.2, -0.15) is 0 Å². The third kappa shape index (κ3) is 4.87. The fraction of sp³-hybridized carbons (Fsp3) is 0.235. The standard InChI is InChI=1S/C17H15F3N2O5/c1-8(21-16(24)12-4-3-7-26-12)17(25)27-9(2)15(23)22-11-6-5-10(18)13(19)14(11)20/h3-9H,1-2H3,(H,21,24)(H,22,23)/t8-,9-/m0/s1. The number of amides is 2. The van der Waals surface area contributed by atoms with E-state index >= 15 is 0 Å². The van der Waals surface area contributed by atoms with E-state index in [1.54, 1.807) is 0 Å². The molecule has 2 aromatic rings. The molecule has 0 aliphatic rings. The predicted molar refractivity (Wildman–Crippen MR) is 86.1 cm³/mol. The number of hydrogen-bond acceptors (Lipinski definition) is 5. The maximum atomic E-state index is 13.6. The highest BCUT2D eigenvalue weighted by Crippen LogP contribution is 2.20. The summed E-state index contributed by atoms with van der Waals surface area (Å²) < 4.78 is 49.3. The summed E-state index contributed by atoms with van der Waals surface area (Å²) in [6.45, 7) is 2.51. The number of carbonyl (C=O) groups is 3. The highest BCUT2D eigenvalue weighted by Gasteiger charge is 2.25. The number of anilines is 1. The molecule has 0 unspecified atom stereocenters. The van der Waals surface area contributed by atoms with Crippen LogP contribution in [0.5, 0.6) is 0 Å². The van der Waals surface area contributed by atoms with Crippen LogP contribution in [0.25, 0.3) is 0 Å². The van der Waals surface area contributed by atoms with E-state index in [1.165, 1.54) is 32.2 Å². The number of furan rings is 1. The summed E-state index contributed by atoms with van der Waals surface area (Å²) in [5.41, 5.74) is -0.610. The van der Waals surface area contributed by atoms with Gasteiger partial charge in [0.1, 0.15) is 6.04 Å². The monoisotopic (exact) mass is 384 g/mol. The molecular weight excluding hydrogens is 369 g/mol. The van der Waals surface area contributed by atoms with Crippen LogP contribution in [-0.4, -0.2) is 29.9 Å². The second-order valence-corrected chi connectivity index (χ2v) is 5.46. The zero-order valence-electron chi connectivity index (χ0n) is 14.2. The molecular formula is C17H15F3N2O5. The molecule has 0 bridgehead atoms. The van der Waals surface area contributed by atoms with Crippen LogP contribution in [0.2, 0.25) is 0 Å². The van der Waals surface area contributed by atoms with Crippen molar-refractivity contribution < 1.29 is 36.7 Å². The summed E-state index contributed by atoms with van der Waals surface area (Å²) >= 11 is 0. The molecule has 0 spiro atoms. The van der Waals surface area contributed by atoms with E-state index < -0.39 is 53.1 Å². The van der Waals surface area contributed by atoms with Crippen LogP contribution in [0.15, 0.2) is 34.9 Å². The first-order valence-electron chi connectivity index (χ1n) is 7.70. The fourth-order valence-electron chi connectivity index (χ4n) is 1.92. The van der Waals surface area contributed by atoms with Crippen molar-refractivity contribution >= 4 is 23.5 Å². The summed E-state index contributed by atoms with van der Waals surface area (Å²) in [6.07, 6.45) is -0.116. The van der Waals surface area contributed by atoms with Gasteiger partial charge in [-0.1, -0.05) is 0 Å². The Hall–Kier alpha value is -3.30. The molecule has 2 rings (SSSR count). The minimum atomic E-state index is -1.74. The predicted octanol–water partition coefficient (Wildman–Crippen LogP) is 2.39. The number of esters is 1. The van der Waals surface area contributed by atoms with E-state index in [9.17, 15) is 27.6 Å². The summed E-state index contributed by atoms with van der Waals surface area (Å²) in [5, 5.41) is 4.29. The Morgan fingerprint density at radius 3 is 2.41 bits per heavy atom. The van der Waals surface area contributed by atoms with Crippen molar-refractivity contribution in [2.45, 2.75) is 26.0 Å². The third-order valence-corrected chi connectivity index (χ3v) is 3.40. The molecule has 144 valence electrons. The fourth-order valence-corrected chi connectivity index (χ4v) is 1.92. The summed E-state index contributed by atoms with van der Waals surface area (Å²) in [4.78, 5) is 35.7. The molecule has 2 N–H and O–H groups in total. The van der Waals surface area contributed by atoms with Crippen molar-refractivity contribution in [2.24, 2.45) is 0 Å². The number of nitrogens with one attached hydrogen (secondary N) is 2.